The summed E-state index contributed by atoms with van der Waals surface area (Å²) in [5.41, 5.74) is 0. The minimum Gasteiger partial charge on any atom is -0.378 e. The third kappa shape index (κ3) is 4.38. The fraction of sp³-hybridized carbons (Fsp3) is 0.846. The fourth-order valence-electron chi connectivity index (χ4n) is 2.08. The summed E-state index contributed by atoms with van der Waals surface area (Å²) >= 11 is 1.80. The van der Waals surface area contributed by atoms with E-state index >= 15 is 0 Å². The number of amidine groups is 1. The molecule has 1 amide bonds. The van der Waals surface area contributed by atoms with Crippen molar-refractivity contribution < 1.29 is 9.53 Å². The Labute approximate surface area is 119 Å². The molecule has 2 rings (SSSR count). The van der Waals surface area contributed by atoms with Crippen LogP contribution in [0.3, 0.4) is 0 Å². The smallest absolute Gasteiger partial charge is 0.224 e. The first-order valence-corrected chi connectivity index (χ1v) is 7.85. The minimum atomic E-state index is 0.208. The van der Waals surface area contributed by atoms with Crippen molar-refractivity contribution in [1.82, 2.24) is 10.2 Å². The van der Waals surface area contributed by atoms with Gasteiger partial charge in [-0.15, -0.1) is 0 Å². The van der Waals surface area contributed by atoms with E-state index in [1.807, 2.05) is 4.90 Å². The Bertz CT molecular complexity index is 341. The number of hydrogen-bond acceptors (Lipinski definition) is 5. The summed E-state index contributed by atoms with van der Waals surface area (Å²) in [4.78, 5) is 18.3. The SMILES string of the molecule is CC(C)C1CN=C(NCCC(=O)N2CCOCC2)S1. The van der Waals surface area contributed by atoms with Gasteiger partial charge in [0.1, 0.15) is 0 Å². The number of carbonyl (C=O) groups excluding carboxylic acids is 1. The van der Waals surface area contributed by atoms with Crippen LogP contribution >= 0.6 is 11.8 Å². The van der Waals surface area contributed by atoms with Crippen molar-refractivity contribution in [3.63, 3.8) is 0 Å². The largest absolute Gasteiger partial charge is 0.378 e. The number of aliphatic imine (C=N–C) groups is 1. The molecule has 1 atom stereocenters. The van der Waals surface area contributed by atoms with Crippen LogP contribution in [0.25, 0.3) is 0 Å². The number of nitrogens with zero attached hydrogens (tertiary/aromatic N) is 2. The third-order valence-electron chi connectivity index (χ3n) is 3.40. The third-order valence-corrected chi connectivity index (χ3v) is 4.89. The van der Waals surface area contributed by atoms with Gasteiger partial charge in [-0.3, -0.25) is 9.79 Å². The van der Waals surface area contributed by atoms with E-state index in [2.05, 4.69) is 24.2 Å². The van der Waals surface area contributed by atoms with Gasteiger partial charge in [0.2, 0.25) is 5.91 Å². The quantitative estimate of drug-likeness (QED) is 0.836. The van der Waals surface area contributed by atoms with Gasteiger partial charge in [-0.2, -0.15) is 0 Å². The second-order valence-corrected chi connectivity index (χ2v) is 6.44. The van der Waals surface area contributed by atoms with Crippen LogP contribution < -0.4 is 5.32 Å². The second-order valence-electron chi connectivity index (χ2n) is 5.22. The molecule has 0 aromatic heterocycles. The molecule has 19 heavy (non-hydrogen) atoms. The summed E-state index contributed by atoms with van der Waals surface area (Å²) in [5.74, 6) is 0.850. The molecule has 0 bridgehead atoms. The van der Waals surface area contributed by atoms with Crippen molar-refractivity contribution in [2.24, 2.45) is 10.9 Å². The zero-order chi connectivity index (χ0) is 13.7. The predicted octanol–water partition coefficient (Wildman–Crippen LogP) is 0.952. The molecule has 1 fully saturated rings. The molecule has 2 aliphatic heterocycles. The Morgan fingerprint density at radius 3 is 2.89 bits per heavy atom. The number of thioether (sulfide) groups is 1. The number of morpholine rings is 1. The highest BCUT2D eigenvalue weighted by Crippen LogP contribution is 2.25. The van der Waals surface area contributed by atoms with Gasteiger partial charge in [-0.25, -0.2) is 0 Å². The maximum Gasteiger partial charge on any atom is 0.224 e. The molecule has 0 aromatic rings. The first kappa shape index (κ1) is 14.7. The van der Waals surface area contributed by atoms with Gasteiger partial charge in [0.25, 0.3) is 0 Å². The Morgan fingerprint density at radius 2 is 2.26 bits per heavy atom. The summed E-state index contributed by atoms with van der Waals surface area (Å²) < 4.78 is 5.24. The number of nitrogens with one attached hydrogen (secondary N) is 1. The zero-order valence-electron chi connectivity index (χ0n) is 11.7. The zero-order valence-corrected chi connectivity index (χ0v) is 12.5. The van der Waals surface area contributed by atoms with Gasteiger partial charge < -0.3 is 15.0 Å². The van der Waals surface area contributed by atoms with Crippen LogP contribution in [0, 0.1) is 5.92 Å². The number of rotatable bonds is 4. The molecule has 0 spiro atoms. The van der Waals surface area contributed by atoms with Crippen LogP contribution in [0.2, 0.25) is 0 Å². The van der Waals surface area contributed by atoms with Gasteiger partial charge in [0.15, 0.2) is 5.17 Å². The van der Waals surface area contributed by atoms with Crippen LogP contribution in [-0.4, -0.2) is 60.6 Å². The van der Waals surface area contributed by atoms with Crippen LogP contribution in [0.5, 0.6) is 0 Å². The number of ether oxygens (including phenoxy) is 1. The summed E-state index contributed by atoms with van der Waals surface area (Å²) in [6.45, 7) is 8.79. The average Bonchev–Trinajstić information content (AvgIpc) is 2.89. The van der Waals surface area contributed by atoms with Crippen molar-refractivity contribution >= 4 is 22.8 Å². The van der Waals surface area contributed by atoms with Crippen LogP contribution in [0.15, 0.2) is 4.99 Å². The van der Waals surface area contributed by atoms with Crippen molar-refractivity contribution in [3.8, 4) is 0 Å². The summed E-state index contributed by atoms with van der Waals surface area (Å²) in [5, 5.41) is 4.85. The van der Waals surface area contributed by atoms with E-state index in [1.165, 1.54) is 0 Å². The molecule has 1 N–H and O–H groups in total. The van der Waals surface area contributed by atoms with E-state index in [0.717, 1.165) is 24.8 Å². The van der Waals surface area contributed by atoms with Crippen molar-refractivity contribution in [3.05, 3.63) is 0 Å². The number of carbonyl (C=O) groups is 1. The lowest BCUT2D eigenvalue weighted by molar-refractivity contribution is -0.135. The lowest BCUT2D eigenvalue weighted by atomic mass is 10.1. The maximum atomic E-state index is 11.9. The summed E-state index contributed by atoms with van der Waals surface area (Å²) in [6.07, 6.45) is 0.534. The maximum absolute atomic E-state index is 11.9. The molecule has 2 heterocycles. The van der Waals surface area contributed by atoms with Crippen LogP contribution in [0.1, 0.15) is 20.3 Å². The van der Waals surface area contributed by atoms with E-state index < -0.39 is 0 Å². The Balaban J connectivity index is 1.63. The topological polar surface area (TPSA) is 53.9 Å². The lowest BCUT2D eigenvalue weighted by Gasteiger charge is -2.26. The molecular formula is C13H23N3O2S. The highest BCUT2D eigenvalue weighted by atomic mass is 32.2. The van der Waals surface area contributed by atoms with Gasteiger partial charge in [0, 0.05) is 31.3 Å². The highest BCUT2D eigenvalue weighted by Gasteiger charge is 2.22. The molecule has 0 aliphatic carbocycles. The predicted molar refractivity (Wildman–Crippen MR) is 78.5 cm³/mol. The van der Waals surface area contributed by atoms with Crippen molar-refractivity contribution in [2.45, 2.75) is 25.5 Å². The van der Waals surface area contributed by atoms with Crippen molar-refractivity contribution in [1.29, 1.82) is 0 Å². The number of hydrogen-bond donors (Lipinski definition) is 1. The first-order valence-electron chi connectivity index (χ1n) is 6.97. The van der Waals surface area contributed by atoms with E-state index in [9.17, 15) is 4.79 Å². The van der Waals surface area contributed by atoms with E-state index in [4.69, 9.17) is 4.74 Å². The van der Waals surface area contributed by atoms with Gasteiger partial charge >= 0.3 is 0 Å². The highest BCUT2D eigenvalue weighted by molar-refractivity contribution is 8.14. The van der Waals surface area contributed by atoms with Crippen LogP contribution in [-0.2, 0) is 9.53 Å². The summed E-state index contributed by atoms with van der Waals surface area (Å²) in [7, 11) is 0. The van der Waals surface area contributed by atoms with E-state index in [1.54, 1.807) is 11.8 Å². The molecule has 1 saturated heterocycles. The normalized spacial score (nSPS) is 23.6. The van der Waals surface area contributed by atoms with E-state index in [-0.39, 0.29) is 5.91 Å². The van der Waals surface area contributed by atoms with Gasteiger partial charge in [-0.05, 0) is 5.92 Å². The Kier molecular flexibility index (Phi) is 5.51. The van der Waals surface area contributed by atoms with Gasteiger partial charge in [-0.1, -0.05) is 25.6 Å². The molecule has 0 saturated carbocycles. The average molecular weight is 285 g/mol. The van der Waals surface area contributed by atoms with E-state index in [0.29, 0.717) is 37.3 Å². The summed E-state index contributed by atoms with van der Waals surface area (Å²) in [6, 6.07) is 0. The number of amides is 1. The minimum absolute atomic E-state index is 0.208. The van der Waals surface area contributed by atoms with Crippen LogP contribution in [0.4, 0.5) is 0 Å². The Hall–Kier alpha value is -0.750. The lowest BCUT2D eigenvalue weighted by Crippen LogP contribution is -2.41. The first-order chi connectivity index (χ1) is 9.16. The Morgan fingerprint density at radius 1 is 1.53 bits per heavy atom. The monoisotopic (exact) mass is 285 g/mol. The second kappa shape index (κ2) is 7.14. The molecule has 0 radical (unpaired) electrons. The molecule has 5 nitrogen and oxygen atoms in total. The molecular weight excluding hydrogens is 262 g/mol. The molecule has 1 unspecified atom stereocenters. The molecule has 6 heteroatoms. The molecule has 108 valence electrons. The van der Waals surface area contributed by atoms with Gasteiger partial charge in [0.05, 0.1) is 19.8 Å². The molecule has 0 aromatic carbocycles. The standard InChI is InChI=1S/C13H23N3O2S/c1-10(2)11-9-15-13(19-11)14-4-3-12(17)16-5-7-18-8-6-16/h10-11H,3-9H2,1-2H3,(H,14,15). The fourth-order valence-corrected chi connectivity index (χ4v) is 3.12. The molecule has 2 aliphatic rings. The van der Waals surface area contributed by atoms with Crippen molar-refractivity contribution in [2.75, 3.05) is 39.4 Å².